The van der Waals surface area contributed by atoms with Crippen molar-refractivity contribution in [3.63, 3.8) is 0 Å². The van der Waals surface area contributed by atoms with Crippen LogP contribution >= 0.6 is 35.3 Å². The molecule has 2 aromatic heterocycles. The van der Waals surface area contributed by atoms with Gasteiger partial charge in [0.05, 0.1) is 6.54 Å². The third-order valence-corrected chi connectivity index (χ3v) is 3.31. The number of nitrogens with zero attached hydrogens (tertiary/aromatic N) is 3. The number of hydrogen-bond donors (Lipinski definition) is 2. The minimum Gasteiger partial charge on any atom is -0.356 e. The van der Waals surface area contributed by atoms with Crippen molar-refractivity contribution in [3.8, 4) is 0 Å². The number of aromatic nitrogens is 2. The van der Waals surface area contributed by atoms with Crippen molar-refractivity contribution in [1.29, 1.82) is 0 Å². The predicted molar refractivity (Wildman–Crippen MR) is 90.7 cm³/mol. The van der Waals surface area contributed by atoms with Crippen molar-refractivity contribution in [1.82, 2.24) is 20.8 Å². The van der Waals surface area contributed by atoms with Crippen molar-refractivity contribution in [2.24, 2.45) is 4.99 Å². The molecule has 0 aliphatic carbocycles. The zero-order valence-electron chi connectivity index (χ0n) is 11.4. The lowest BCUT2D eigenvalue weighted by atomic mass is 10.4. The molecular weight excluding hydrogens is 389 g/mol. The SMILES string of the molecule is CN=C(NCCc1nc(C)no1)NCc1cccs1.I. The minimum atomic E-state index is 0. The van der Waals surface area contributed by atoms with Gasteiger partial charge < -0.3 is 15.2 Å². The first-order valence-electron chi connectivity index (χ1n) is 6.04. The highest BCUT2D eigenvalue weighted by atomic mass is 127. The fraction of sp³-hybridized carbons (Fsp3) is 0.417. The van der Waals surface area contributed by atoms with E-state index in [4.69, 9.17) is 4.52 Å². The fourth-order valence-corrected chi connectivity index (χ4v) is 2.18. The summed E-state index contributed by atoms with van der Waals surface area (Å²) in [6, 6.07) is 4.13. The highest BCUT2D eigenvalue weighted by Gasteiger charge is 2.03. The fourth-order valence-electron chi connectivity index (χ4n) is 1.53. The quantitative estimate of drug-likeness (QED) is 0.451. The molecule has 0 fully saturated rings. The van der Waals surface area contributed by atoms with E-state index in [0.29, 0.717) is 24.7 Å². The van der Waals surface area contributed by atoms with Crippen LogP contribution in [0.4, 0.5) is 0 Å². The van der Waals surface area contributed by atoms with E-state index in [-0.39, 0.29) is 24.0 Å². The van der Waals surface area contributed by atoms with Gasteiger partial charge in [-0.25, -0.2) is 0 Å². The van der Waals surface area contributed by atoms with Gasteiger partial charge in [-0.2, -0.15) is 4.98 Å². The second-order valence-corrected chi connectivity index (χ2v) is 4.95. The van der Waals surface area contributed by atoms with Crippen LogP contribution < -0.4 is 10.6 Å². The Kier molecular flexibility index (Phi) is 7.52. The van der Waals surface area contributed by atoms with E-state index in [1.54, 1.807) is 18.4 Å². The van der Waals surface area contributed by atoms with E-state index in [0.717, 1.165) is 12.5 Å². The van der Waals surface area contributed by atoms with Crippen molar-refractivity contribution in [2.45, 2.75) is 19.9 Å². The van der Waals surface area contributed by atoms with Crippen LogP contribution in [0, 0.1) is 6.92 Å². The number of aliphatic imine (C=N–C) groups is 1. The maximum atomic E-state index is 5.04. The zero-order valence-corrected chi connectivity index (χ0v) is 14.6. The molecule has 0 atom stereocenters. The van der Waals surface area contributed by atoms with Crippen LogP contribution in [0.5, 0.6) is 0 Å². The van der Waals surface area contributed by atoms with Gasteiger partial charge in [0.2, 0.25) is 5.89 Å². The van der Waals surface area contributed by atoms with E-state index in [1.165, 1.54) is 4.88 Å². The molecule has 2 aromatic rings. The summed E-state index contributed by atoms with van der Waals surface area (Å²) in [6.45, 7) is 3.28. The van der Waals surface area contributed by atoms with Crippen LogP contribution in [-0.2, 0) is 13.0 Å². The molecule has 0 bridgehead atoms. The molecule has 20 heavy (non-hydrogen) atoms. The Hall–Kier alpha value is -1.16. The maximum Gasteiger partial charge on any atom is 0.228 e. The predicted octanol–water partition coefficient (Wildman–Crippen LogP) is 1.97. The number of nitrogens with one attached hydrogen (secondary N) is 2. The smallest absolute Gasteiger partial charge is 0.228 e. The lowest BCUT2D eigenvalue weighted by molar-refractivity contribution is 0.374. The largest absolute Gasteiger partial charge is 0.356 e. The molecule has 6 nitrogen and oxygen atoms in total. The number of guanidine groups is 1. The molecule has 0 aliphatic heterocycles. The third-order valence-electron chi connectivity index (χ3n) is 2.43. The summed E-state index contributed by atoms with van der Waals surface area (Å²) in [5, 5.41) is 12.3. The molecule has 2 heterocycles. The second kappa shape index (κ2) is 8.90. The average molecular weight is 407 g/mol. The van der Waals surface area contributed by atoms with E-state index >= 15 is 0 Å². The Labute approximate surface area is 139 Å². The van der Waals surface area contributed by atoms with Gasteiger partial charge in [-0.05, 0) is 18.4 Å². The molecular formula is C12H18IN5OS. The Balaban J connectivity index is 0.00000200. The van der Waals surface area contributed by atoms with Gasteiger partial charge >= 0.3 is 0 Å². The molecule has 2 rings (SSSR count). The van der Waals surface area contributed by atoms with Crippen LogP contribution in [0.15, 0.2) is 27.0 Å². The maximum absolute atomic E-state index is 5.04. The van der Waals surface area contributed by atoms with Crippen molar-refractivity contribution >= 4 is 41.3 Å². The molecule has 0 spiro atoms. The Morgan fingerprint density at radius 2 is 2.30 bits per heavy atom. The molecule has 0 aliphatic rings. The van der Waals surface area contributed by atoms with Crippen LogP contribution in [0.25, 0.3) is 0 Å². The highest BCUT2D eigenvalue weighted by molar-refractivity contribution is 14.0. The standard InChI is InChI=1S/C12H17N5OS.HI/c1-9-16-11(18-17-9)5-6-14-12(13-2)15-8-10-4-3-7-19-10;/h3-4,7H,5-6,8H2,1-2H3,(H2,13,14,15);1H. The third kappa shape index (κ3) is 5.45. The molecule has 0 unspecified atom stereocenters. The summed E-state index contributed by atoms with van der Waals surface area (Å²) in [5.74, 6) is 2.07. The van der Waals surface area contributed by atoms with Crippen LogP contribution in [0.2, 0.25) is 0 Å². The van der Waals surface area contributed by atoms with Crippen molar-refractivity contribution in [3.05, 3.63) is 34.1 Å². The lowest BCUT2D eigenvalue weighted by Crippen LogP contribution is -2.37. The summed E-state index contributed by atoms with van der Waals surface area (Å²) in [6.07, 6.45) is 0.681. The molecule has 0 saturated heterocycles. The van der Waals surface area contributed by atoms with E-state index in [1.807, 2.05) is 13.0 Å². The molecule has 2 N–H and O–H groups in total. The molecule has 0 aromatic carbocycles. The number of hydrogen-bond acceptors (Lipinski definition) is 5. The number of thiophene rings is 1. The lowest BCUT2D eigenvalue weighted by Gasteiger charge is -2.09. The Morgan fingerprint density at radius 3 is 2.90 bits per heavy atom. The van der Waals surface area contributed by atoms with E-state index in [9.17, 15) is 0 Å². The first-order chi connectivity index (χ1) is 9.28. The first-order valence-corrected chi connectivity index (χ1v) is 6.92. The van der Waals surface area contributed by atoms with Gasteiger partial charge in [0.1, 0.15) is 0 Å². The van der Waals surface area contributed by atoms with Gasteiger partial charge in [0.25, 0.3) is 0 Å². The normalized spacial score (nSPS) is 11.0. The summed E-state index contributed by atoms with van der Waals surface area (Å²) in [4.78, 5) is 9.57. The summed E-state index contributed by atoms with van der Waals surface area (Å²) < 4.78 is 5.04. The second-order valence-electron chi connectivity index (χ2n) is 3.92. The molecule has 110 valence electrons. The first kappa shape index (κ1) is 16.9. The minimum absolute atomic E-state index is 0. The zero-order chi connectivity index (χ0) is 13.5. The van der Waals surface area contributed by atoms with E-state index in [2.05, 4.69) is 37.2 Å². The number of rotatable bonds is 5. The number of aryl methyl sites for hydroxylation is 1. The van der Waals surface area contributed by atoms with Gasteiger partial charge in [-0.15, -0.1) is 35.3 Å². The highest BCUT2D eigenvalue weighted by Crippen LogP contribution is 2.07. The Bertz CT molecular complexity index is 526. The van der Waals surface area contributed by atoms with Crippen molar-refractivity contribution < 1.29 is 4.52 Å². The summed E-state index contributed by atoms with van der Waals surface area (Å²) in [5.41, 5.74) is 0. The van der Waals surface area contributed by atoms with Gasteiger partial charge in [0.15, 0.2) is 11.8 Å². The monoisotopic (exact) mass is 407 g/mol. The van der Waals surface area contributed by atoms with Crippen LogP contribution in [-0.4, -0.2) is 29.7 Å². The molecule has 8 heteroatoms. The summed E-state index contributed by atoms with van der Waals surface area (Å²) >= 11 is 1.72. The van der Waals surface area contributed by atoms with Gasteiger partial charge in [-0.1, -0.05) is 11.2 Å². The van der Waals surface area contributed by atoms with Crippen LogP contribution in [0.3, 0.4) is 0 Å². The van der Waals surface area contributed by atoms with Gasteiger partial charge in [0, 0.05) is 24.9 Å². The van der Waals surface area contributed by atoms with Crippen LogP contribution in [0.1, 0.15) is 16.6 Å². The van der Waals surface area contributed by atoms with Gasteiger partial charge in [-0.3, -0.25) is 4.99 Å². The molecule has 0 radical (unpaired) electrons. The Morgan fingerprint density at radius 1 is 1.45 bits per heavy atom. The average Bonchev–Trinajstić information content (AvgIpc) is 3.05. The van der Waals surface area contributed by atoms with E-state index < -0.39 is 0 Å². The molecule has 0 amide bonds. The molecule has 0 saturated carbocycles. The summed E-state index contributed by atoms with van der Waals surface area (Å²) in [7, 11) is 1.75. The van der Waals surface area contributed by atoms with Crippen molar-refractivity contribution in [2.75, 3.05) is 13.6 Å². The topological polar surface area (TPSA) is 75.3 Å². The number of halogens is 1.